The zero-order chi connectivity index (χ0) is 19.4. The number of hydrogen-bond donors (Lipinski definition) is 1. The number of ether oxygens (including phenoxy) is 1. The molecule has 3 rings (SSSR count). The zero-order valence-corrected chi connectivity index (χ0v) is 15.4. The van der Waals surface area contributed by atoms with Crippen molar-refractivity contribution < 1.29 is 14.5 Å². The van der Waals surface area contributed by atoms with Crippen LogP contribution >= 0.6 is 0 Å². The number of benzene rings is 2. The monoisotopic (exact) mass is 369 g/mol. The summed E-state index contributed by atoms with van der Waals surface area (Å²) >= 11 is 0. The van der Waals surface area contributed by atoms with Crippen molar-refractivity contribution in [3.05, 3.63) is 69.8 Å². The first kappa shape index (κ1) is 19.0. The largest absolute Gasteiger partial charge is 0.373 e. The van der Waals surface area contributed by atoms with Gasteiger partial charge in [-0.25, -0.2) is 0 Å². The second-order valence-corrected chi connectivity index (χ2v) is 6.91. The van der Waals surface area contributed by atoms with E-state index in [1.807, 2.05) is 12.1 Å². The summed E-state index contributed by atoms with van der Waals surface area (Å²) in [5.41, 5.74) is 2.19. The van der Waals surface area contributed by atoms with E-state index in [4.69, 9.17) is 4.74 Å². The number of anilines is 1. The predicted molar refractivity (Wildman–Crippen MR) is 103 cm³/mol. The lowest BCUT2D eigenvalue weighted by Gasteiger charge is -2.35. The molecular formula is C20H23N3O4. The molecule has 0 spiro atoms. The summed E-state index contributed by atoms with van der Waals surface area (Å²) in [4.78, 5) is 24.9. The third-order valence-electron chi connectivity index (χ3n) is 4.45. The Kier molecular flexibility index (Phi) is 5.83. The van der Waals surface area contributed by atoms with E-state index in [0.717, 1.165) is 25.2 Å². The summed E-state index contributed by atoms with van der Waals surface area (Å²) < 4.78 is 5.75. The fraction of sp³-hybridized carbons (Fsp3) is 0.350. The van der Waals surface area contributed by atoms with Gasteiger partial charge in [0.1, 0.15) is 0 Å². The first-order valence-electron chi connectivity index (χ1n) is 8.93. The van der Waals surface area contributed by atoms with Crippen LogP contribution in [-0.4, -0.2) is 41.0 Å². The van der Waals surface area contributed by atoms with Gasteiger partial charge in [0.2, 0.25) is 0 Å². The third-order valence-corrected chi connectivity index (χ3v) is 4.45. The van der Waals surface area contributed by atoms with Crippen LogP contribution in [0.1, 0.15) is 29.8 Å². The Labute approximate surface area is 158 Å². The molecule has 1 fully saturated rings. The Bertz CT molecular complexity index is 795. The van der Waals surface area contributed by atoms with E-state index in [9.17, 15) is 14.9 Å². The van der Waals surface area contributed by atoms with Crippen LogP contribution in [0, 0.1) is 10.1 Å². The zero-order valence-electron chi connectivity index (χ0n) is 15.4. The molecule has 7 nitrogen and oxygen atoms in total. The second kappa shape index (κ2) is 8.28. The van der Waals surface area contributed by atoms with Gasteiger partial charge in [-0.05, 0) is 43.7 Å². The topological polar surface area (TPSA) is 84.7 Å². The summed E-state index contributed by atoms with van der Waals surface area (Å²) in [6.07, 6.45) is 0.445. The second-order valence-electron chi connectivity index (χ2n) is 6.91. The number of hydrogen-bond acceptors (Lipinski definition) is 5. The summed E-state index contributed by atoms with van der Waals surface area (Å²) in [6, 6.07) is 13.3. The van der Waals surface area contributed by atoms with Gasteiger partial charge in [0.05, 0.1) is 17.1 Å². The minimum absolute atomic E-state index is 0.0101. The number of morpholine rings is 1. The molecule has 1 aliphatic heterocycles. The maximum atomic E-state index is 12.3. The normalized spacial score (nSPS) is 20.2. The standard InChI is InChI=1S/C20H23N3O4/c1-14-11-22(12-15(2)27-14)13-16-3-5-17(6-4-16)20(24)21-18-7-9-19(10-8-18)23(25)26/h3-10,14-15H,11-13H2,1-2H3,(H,21,24). The van der Waals surface area contributed by atoms with Crippen LogP contribution in [0.2, 0.25) is 0 Å². The van der Waals surface area contributed by atoms with E-state index >= 15 is 0 Å². The first-order valence-corrected chi connectivity index (χ1v) is 8.93. The maximum absolute atomic E-state index is 12.3. The minimum Gasteiger partial charge on any atom is -0.373 e. The molecule has 0 aromatic heterocycles. The van der Waals surface area contributed by atoms with Crippen molar-refractivity contribution in [1.82, 2.24) is 4.90 Å². The number of non-ortho nitro benzene ring substituents is 1. The molecule has 2 aromatic rings. The molecule has 1 saturated heterocycles. The van der Waals surface area contributed by atoms with Crippen LogP contribution in [-0.2, 0) is 11.3 Å². The highest BCUT2D eigenvalue weighted by atomic mass is 16.6. The molecule has 142 valence electrons. The fourth-order valence-electron chi connectivity index (χ4n) is 3.30. The molecule has 1 heterocycles. The van der Waals surface area contributed by atoms with Crippen LogP contribution in [0.15, 0.2) is 48.5 Å². The number of nitrogens with one attached hydrogen (secondary N) is 1. The van der Waals surface area contributed by atoms with Gasteiger partial charge in [-0.15, -0.1) is 0 Å². The van der Waals surface area contributed by atoms with E-state index in [1.165, 1.54) is 24.3 Å². The summed E-state index contributed by atoms with van der Waals surface area (Å²) in [5.74, 6) is -0.246. The van der Waals surface area contributed by atoms with Crippen molar-refractivity contribution in [2.75, 3.05) is 18.4 Å². The van der Waals surface area contributed by atoms with Crippen LogP contribution in [0.5, 0.6) is 0 Å². The van der Waals surface area contributed by atoms with E-state index in [0.29, 0.717) is 11.3 Å². The molecule has 2 atom stereocenters. The number of nitrogens with zero attached hydrogens (tertiary/aromatic N) is 2. The van der Waals surface area contributed by atoms with Crippen LogP contribution in [0.25, 0.3) is 0 Å². The average molecular weight is 369 g/mol. The molecule has 2 aromatic carbocycles. The average Bonchev–Trinajstić information content (AvgIpc) is 2.62. The molecule has 2 unspecified atom stereocenters. The Morgan fingerprint density at radius 3 is 2.26 bits per heavy atom. The van der Waals surface area contributed by atoms with Gasteiger partial charge in [0, 0.05) is 43.0 Å². The molecule has 1 aliphatic rings. The molecule has 0 aliphatic carbocycles. The maximum Gasteiger partial charge on any atom is 0.269 e. The summed E-state index contributed by atoms with van der Waals surface area (Å²) in [5, 5.41) is 13.4. The van der Waals surface area contributed by atoms with Crippen LogP contribution in [0.4, 0.5) is 11.4 Å². The number of rotatable bonds is 5. The van der Waals surface area contributed by atoms with Crippen molar-refractivity contribution >= 4 is 17.3 Å². The third kappa shape index (κ3) is 5.12. The smallest absolute Gasteiger partial charge is 0.269 e. The van der Waals surface area contributed by atoms with Gasteiger partial charge >= 0.3 is 0 Å². The van der Waals surface area contributed by atoms with Crippen molar-refractivity contribution in [2.24, 2.45) is 0 Å². The van der Waals surface area contributed by atoms with Gasteiger partial charge < -0.3 is 10.1 Å². The fourth-order valence-corrected chi connectivity index (χ4v) is 3.30. The molecule has 7 heteroatoms. The van der Waals surface area contributed by atoms with Gasteiger partial charge in [0.15, 0.2) is 0 Å². The number of carbonyl (C=O) groups is 1. The van der Waals surface area contributed by atoms with Crippen LogP contribution < -0.4 is 5.32 Å². The van der Waals surface area contributed by atoms with Crippen molar-refractivity contribution in [3.8, 4) is 0 Å². The molecule has 1 N–H and O–H groups in total. The summed E-state index contributed by atoms with van der Waals surface area (Å²) in [6.45, 7) is 6.77. The van der Waals surface area contributed by atoms with E-state index in [-0.39, 0.29) is 23.8 Å². The van der Waals surface area contributed by atoms with E-state index < -0.39 is 4.92 Å². The van der Waals surface area contributed by atoms with Gasteiger partial charge in [-0.1, -0.05) is 12.1 Å². The Hall–Kier alpha value is -2.77. The van der Waals surface area contributed by atoms with Crippen molar-refractivity contribution in [2.45, 2.75) is 32.6 Å². The quantitative estimate of drug-likeness (QED) is 0.644. The van der Waals surface area contributed by atoms with Crippen molar-refractivity contribution in [3.63, 3.8) is 0 Å². The minimum atomic E-state index is -0.472. The van der Waals surface area contributed by atoms with Gasteiger partial charge in [-0.2, -0.15) is 0 Å². The lowest BCUT2D eigenvalue weighted by Crippen LogP contribution is -2.44. The van der Waals surface area contributed by atoms with E-state index in [2.05, 4.69) is 24.1 Å². The Morgan fingerprint density at radius 1 is 1.11 bits per heavy atom. The number of nitro benzene ring substituents is 1. The highest BCUT2D eigenvalue weighted by molar-refractivity contribution is 6.04. The number of carbonyl (C=O) groups excluding carboxylic acids is 1. The first-order chi connectivity index (χ1) is 12.9. The Morgan fingerprint density at radius 2 is 1.70 bits per heavy atom. The van der Waals surface area contributed by atoms with E-state index in [1.54, 1.807) is 12.1 Å². The Balaban J connectivity index is 1.59. The highest BCUT2D eigenvalue weighted by Gasteiger charge is 2.22. The predicted octanol–water partition coefficient (Wildman–Crippen LogP) is 3.46. The van der Waals surface area contributed by atoms with Crippen LogP contribution in [0.3, 0.4) is 0 Å². The number of nitro groups is 1. The van der Waals surface area contributed by atoms with Crippen molar-refractivity contribution in [1.29, 1.82) is 0 Å². The lowest BCUT2D eigenvalue weighted by molar-refractivity contribution is -0.384. The molecule has 0 bridgehead atoms. The number of amides is 1. The van der Waals surface area contributed by atoms with Gasteiger partial charge in [-0.3, -0.25) is 19.8 Å². The van der Waals surface area contributed by atoms with Gasteiger partial charge in [0.25, 0.3) is 11.6 Å². The molecule has 0 radical (unpaired) electrons. The molecule has 27 heavy (non-hydrogen) atoms. The molecule has 0 saturated carbocycles. The molecular weight excluding hydrogens is 346 g/mol. The lowest BCUT2D eigenvalue weighted by atomic mass is 10.1. The molecule has 1 amide bonds. The highest BCUT2D eigenvalue weighted by Crippen LogP contribution is 2.17. The SMILES string of the molecule is CC1CN(Cc2ccc(C(=O)Nc3ccc([N+](=O)[O-])cc3)cc2)CC(C)O1. The summed E-state index contributed by atoms with van der Waals surface area (Å²) in [7, 11) is 0.